The van der Waals surface area contributed by atoms with E-state index in [0.29, 0.717) is 58.0 Å². The highest BCUT2D eigenvalue weighted by molar-refractivity contribution is 9.10. The zero-order valence-corrected chi connectivity index (χ0v) is 27.8. The second-order valence-corrected chi connectivity index (χ2v) is 11.3. The average molecular weight is 726 g/mol. The summed E-state index contributed by atoms with van der Waals surface area (Å²) in [5.74, 6) is 0.821. The summed E-state index contributed by atoms with van der Waals surface area (Å²) in [4.78, 5) is 31.3. The Hall–Kier alpha value is -3.70. The minimum atomic E-state index is -0.207. The van der Waals surface area contributed by atoms with Gasteiger partial charge in [-0.25, -0.2) is 0 Å². The summed E-state index contributed by atoms with van der Waals surface area (Å²) >= 11 is 7.06. The van der Waals surface area contributed by atoms with E-state index >= 15 is 0 Å². The van der Waals surface area contributed by atoms with E-state index in [9.17, 15) is 9.59 Å². The highest BCUT2D eigenvalue weighted by Crippen LogP contribution is 2.29. The van der Waals surface area contributed by atoms with Crippen LogP contribution >= 0.6 is 31.9 Å². The Morgan fingerprint density at radius 1 is 0.568 bits per heavy atom. The van der Waals surface area contributed by atoms with Crippen molar-refractivity contribution in [2.24, 2.45) is 0 Å². The van der Waals surface area contributed by atoms with E-state index < -0.39 is 0 Å². The second kappa shape index (κ2) is 17.0. The number of nitrogens with zero attached hydrogens (tertiary/aromatic N) is 2. The third-order valence-electron chi connectivity index (χ3n) is 6.62. The summed E-state index contributed by atoms with van der Waals surface area (Å²) in [5, 5.41) is 0. The van der Waals surface area contributed by atoms with Crippen LogP contribution in [-0.2, 0) is 9.47 Å². The molecule has 0 heterocycles. The highest BCUT2D eigenvalue weighted by Gasteiger charge is 2.24. The van der Waals surface area contributed by atoms with Crippen LogP contribution in [0.1, 0.15) is 20.7 Å². The van der Waals surface area contributed by atoms with Crippen LogP contribution in [0.4, 0.5) is 11.4 Å². The van der Waals surface area contributed by atoms with Crippen LogP contribution in [0.2, 0.25) is 0 Å². The Morgan fingerprint density at radius 2 is 0.955 bits per heavy atom. The van der Waals surface area contributed by atoms with Crippen LogP contribution in [0.5, 0.6) is 11.5 Å². The van der Waals surface area contributed by atoms with Crippen molar-refractivity contribution in [3.05, 3.63) is 117 Å². The molecule has 0 radical (unpaired) electrons. The smallest absolute Gasteiger partial charge is 0.258 e. The number of hydrogen-bond donors (Lipinski definition) is 0. The first-order valence-corrected chi connectivity index (χ1v) is 15.6. The number of halogens is 2. The first kappa shape index (κ1) is 33.2. The lowest BCUT2D eigenvalue weighted by molar-refractivity contribution is 0.0967. The summed E-state index contributed by atoms with van der Waals surface area (Å²) in [7, 11) is 3.22. The van der Waals surface area contributed by atoms with Gasteiger partial charge >= 0.3 is 0 Å². The van der Waals surface area contributed by atoms with Gasteiger partial charge in [0.05, 0.1) is 22.2 Å². The molecule has 0 N–H and O–H groups in total. The molecule has 0 aromatic heterocycles. The SMILES string of the molecule is COCCOc1ccc(C(=O)N(CCN(C(=O)c2ccc(OCCOC)c(Br)c2)c2ccccc2)c2ccccc2)cc1Br. The van der Waals surface area contributed by atoms with Gasteiger partial charge in [-0.05, 0) is 92.5 Å². The molecule has 0 saturated carbocycles. The molecule has 0 aliphatic rings. The van der Waals surface area contributed by atoms with Crippen LogP contribution in [-0.4, -0.2) is 65.6 Å². The normalized spacial score (nSPS) is 10.7. The monoisotopic (exact) mass is 724 g/mol. The summed E-state index contributed by atoms with van der Waals surface area (Å²) in [6.45, 7) is 2.17. The number of hydrogen-bond acceptors (Lipinski definition) is 6. The van der Waals surface area contributed by atoms with Gasteiger partial charge in [0.15, 0.2) is 0 Å². The fraction of sp³-hybridized carbons (Fsp3) is 0.235. The van der Waals surface area contributed by atoms with Crippen LogP contribution in [0.15, 0.2) is 106 Å². The van der Waals surface area contributed by atoms with Crippen molar-refractivity contribution >= 4 is 55.0 Å². The lowest BCUT2D eigenvalue weighted by Crippen LogP contribution is -2.41. The third-order valence-corrected chi connectivity index (χ3v) is 7.86. The number of carbonyl (C=O) groups is 2. The lowest BCUT2D eigenvalue weighted by atomic mass is 10.1. The van der Waals surface area contributed by atoms with Crippen LogP contribution < -0.4 is 19.3 Å². The molecule has 0 atom stereocenters. The maximum atomic E-state index is 14.0. The largest absolute Gasteiger partial charge is 0.490 e. The Labute approximate surface area is 274 Å². The summed E-state index contributed by atoms with van der Waals surface area (Å²) < 4.78 is 22.9. The third kappa shape index (κ3) is 8.92. The van der Waals surface area contributed by atoms with E-state index in [1.807, 2.05) is 60.7 Å². The molecular weight excluding hydrogens is 692 g/mol. The van der Waals surface area contributed by atoms with Crippen molar-refractivity contribution in [3.8, 4) is 11.5 Å². The van der Waals surface area contributed by atoms with Gasteiger partial charge in [0.1, 0.15) is 24.7 Å². The number of amides is 2. The molecule has 4 aromatic carbocycles. The molecule has 0 aliphatic carbocycles. The Balaban J connectivity index is 1.59. The number of para-hydroxylation sites is 2. The van der Waals surface area contributed by atoms with Crippen molar-refractivity contribution in [3.63, 3.8) is 0 Å². The molecule has 4 rings (SSSR count). The second-order valence-electron chi connectivity index (χ2n) is 9.56. The molecule has 10 heteroatoms. The molecular formula is C34H34Br2N2O6. The molecule has 0 spiro atoms. The molecule has 0 aliphatic heterocycles. The molecule has 4 aromatic rings. The van der Waals surface area contributed by atoms with E-state index in [4.69, 9.17) is 18.9 Å². The first-order chi connectivity index (χ1) is 21.4. The number of anilines is 2. The van der Waals surface area contributed by atoms with Crippen molar-refractivity contribution in [1.29, 1.82) is 0 Å². The van der Waals surface area contributed by atoms with Gasteiger partial charge in [-0.15, -0.1) is 0 Å². The van der Waals surface area contributed by atoms with E-state index in [0.717, 1.165) is 11.4 Å². The van der Waals surface area contributed by atoms with Crippen molar-refractivity contribution < 1.29 is 28.5 Å². The zero-order chi connectivity index (χ0) is 31.3. The summed E-state index contributed by atoms with van der Waals surface area (Å²) in [6.07, 6.45) is 0. The quantitative estimate of drug-likeness (QED) is 0.120. The minimum absolute atomic E-state index is 0.207. The maximum absolute atomic E-state index is 14.0. The minimum Gasteiger partial charge on any atom is -0.490 e. The number of benzene rings is 4. The Morgan fingerprint density at radius 3 is 1.30 bits per heavy atom. The first-order valence-electron chi connectivity index (χ1n) is 14.0. The van der Waals surface area contributed by atoms with Crippen molar-refractivity contribution in [2.45, 2.75) is 0 Å². The Bertz CT molecular complexity index is 1410. The standard InChI is InChI=1S/C34H34Br2N2O6/c1-41-19-21-43-31-15-13-25(23-29(31)35)33(39)37(27-9-5-3-6-10-27)17-18-38(28-11-7-4-8-12-28)34(40)26-14-16-32(30(36)24-26)44-22-20-42-2/h3-16,23-24H,17-22H2,1-2H3. The van der Waals surface area contributed by atoms with Gasteiger partial charge in [-0.3, -0.25) is 9.59 Å². The van der Waals surface area contributed by atoms with Gasteiger partial charge in [0.2, 0.25) is 0 Å². The van der Waals surface area contributed by atoms with Crippen LogP contribution in [0.3, 0.4) is 0 Å². The van der Waals surface area contributed by atoms with E-state index in [2.05, 4.69) is 31.9 Å². The van der Waals surface area contributed by atoms with Crippen molar-refractivity contribution in [1.82, 2.24) is 0 Å². The lowest BCUT2D eigenvalue weighted by Gasteiger charge is -2.29. The van der Waals surface area contributed by atoms with Crippen LogP contribution in [0.25, 0.3) is 0 Å². The van der Waals surface area contributed by atoms with E-state index in [1.165, 1.54) is 0 Å². The summed E-state index contributed by atoms with van der Waals surface area (Å²) in [6, 6.07) is 29.3. The number of rotatable bonds is 15. The predicted molar refractivity (Wildman–Crippen MR) is 179 cm³/mol. The molecule has 0 fully saturated rings. The number of methoxy groups -OCH3 is 2. The Kier molecular flexibility index (Phi) is 12.8. The topological polar surface area (TPSA) is 77.5 Å². The molecule has 0 bridgehead atoms. The number of carbonyl (C=O) groups excluding carboxylic acids is 2. The zero-order valence-electron chi connectivity index (χ0n) is 24.6. The fourth-order valence-electron chi connectivity index (χ4n) is 4.40. The molecule has 0 unspecified atom stereocenters. The van der Waals surface area contributed by atoms with Gasteiger partial charge < -0.3 is 28.7 Å². The predicted octanol–water partition coefficient (Wildman–Crippen LogP) is 7.26. The van der Waals surface area contributed by atoms with Gasteiger partial charge in [0.25, 0.3) is 11.8 Å². The maximum Gasteiger partial charge on any atom is 0.258 e. The van der Waals surface area contributed by atoms with Crippen LogP contribution in [0, 0.1) is 0 Å². The van der Waals surface area contributed by atoms with Crippen molar-refractivity contribution in [2.75, 3.05) is 63.5 Å². The van der Waals surface area contributed by atoms with E-state index in [-0.39, 0.29) is 24.9 Å². The fourth-order valence-corrected chi connectivity index (χ4v) is 5.38. The van der Waals surface area contributed by atoms with Gasteiger partial charge in [-0.1, -0.05) is 36.4 Å². The van der Waals surface area contributed by atoms with Gasteiger partial charge in [-0.2, -0.15) is 0 Å². The average Bonchev–Trinajstić information content (AvgIpc) is 3.05. The molecule has 0 saturated heterocycles. The van der Waals surface area contributed by atoms with E-state index in [1.54, 1.807) is 60.4 Å². The molecule has 2 amide bonds. The highest BCUT2D eigenvalue weighted by atomic mass is 79.9. The molecule has 8 nitrogen and oxygen atoms in total. The van der Waals surface area contributed by atoms with Gasteiger partial charge in [0, 0.05) is 49.8 Å². The molecule has 44 heavy (non-hydrogen) atoms. The number of ether oxygens (including phenoxy) is 4. The molecule has 230 valence electrons. The summed E-state index contributed by atoms with van der Waals surface area (Å²) in [5.41, 5.74) is 2.39.